The van der Waals surface area contributed by atoms with Crippen molar-refractivity contribution in [2.75, 3.05) is 5.32 Å². The number of benzene rings is 1. The molecule has 0 saturated carbocycles. The van der Waals surface area contributed by atoms with Gasteiger partial charge in [-0.05, 0) is 18.2 Å². The van der Waals surface area contributed by atoms with E-state index in [2.05, 4.69) is 5.32 Å². The van der Waals surface area contributed by atoms with E-state index in [1.807, 2.05) is 0 Å². The number of hydrogen-bond donors (Lipinski definition) is 1. The van der Waals surface area contributed by atoms with Crippen molar-refractivity contribution < 1.29 is 9.18 Å². The van der Waals surface area contributed by atoms with Gasteiger partial charge in [-0.3, -0.25) is 4.79 Å². The molecule has 0 unspecified atom stereocenters. The first-order valence-electron chi connectivity index (χ1n) is 2.82. The Morgan fingerprint density at radius 2 is 2.27 bits per heavy atom. The van der Waals surface area contributed by atoms with Crippen LogP contribution in [0.2, 0.25) is 5.02 Å². The summed E-state index contributed by atoms with van der Waals surface area (Å²) in [5, 5.41) is 2.20. The van der Waals surface area contributed by atoms with Crippen molar-refractivity contribution in [2.45, 2.75) is 0 Å². The van der Waals surface area contributed by atoms with Crippen molar-refractivity contribution in [3.05, 3.63) is 29.0 Å². The second-order valence-corrected chi connectivity index (χ2v) is 2.26. The van der Waals surface area contributed by atoms with Crippen molar-refractivity contribution in [1.29, 1.82) is 0 Å². The molecule has 2 nitrogen and oxygen atoms in total. The van der Waals surface area contributed by atoms with Gasteiger partial charge in [0.25, 0.3) is 0 Å². The third-order valence-electron chi connectivity index (χ3n) is 1.11. The fourth-order valence-electron chi connectivity index (χ4n) is 0.633. The molecular formula is C7H4ClFNO. The van der Waals surface area contributed by atoms with Crippen LogP contribution in [0.3, 0.4) is 0 Å². The van der Waals surface area contributed by atoms with Gasteiger partial charge in [-0.1, -0.05) is 11.6 Å². The maximum Gasteiger partial charge on any atom is 0.314 e. The van der Waals surface area contributed by atoms with Gasteiger partial charge in [0.05, 0.1) is 5.02 Å². The van der Waals surface area contributed by atoms with Gasteiger partial charge in [-0.25, -0.2) is 4.39 Å². The maximum atomic E-state index is 12.5. The zero-order valence-electron chi connectivity index (χ0n) is 5.40. The van der Waals surface area contributed by atoms with Crippen LogP contribution in [0.1, 0.15) is 0 Å². The molecule has 1 aromatic rings. The fraction of sp³-hybridized carbons (Fsp3) is 0. The highest BCUT2D eigenvalue weighted by atomic mass is 35.5. The van der Waals surface area contributed by atoms with Gasteiger partial charge in [0.2, 0.25) is 0 Å². The van der Waals surface area contributed by atoms with Crippen molar-refractivity contribution in [1.82, 2.24) is 0 Å². The third kappa shape index (κ3) is 1.91. The van der Waals surface area contributed by atoms with Crippen LogP contribution in [0.15, 0.2) is 18.2 Å². The number of hydrogen-bond acceptors (Lipinski definition) is 1. The Morgan fingerprint density at radius 3 is 2.82 bits per heavy atom. The monoisotopic (exact) mass is 172 g/mol. The minimum absolute atomic E-state index is 0.0229. The summed E-state index contributed by atoms with van der Waals surface area (Å²) >= 11 is 5.40. The van der Waals surface area contributed by atoms with E-state index in [9.17, 15) is 9.18 Å². The third-order valence-corrected chi connectivity index (χ3v) is 1.40. The van der Waals surface area contributed by atoms with Gasteiger partial charge in [-0.15, -0.1) is 0 Å². The summed E-state index contributed by atoms with van der Waals surface area (Å²) in [5.41, 5.74) is 0.423. The van der Waals surface area contributed by atoms with E-state index in [-0.39, 0.29) is 5.02 Å². The van der Waals surface area contributed by atoms with E-state index in [1.165, 1.54) is 24.6 Å². The van der Waals surface area contributed by atoms with Crippen molar-refractivity contribution in [3.63, 3.8) is 0 Å². The zero-order chi connectivity index (χ0) is 8.27. The largest absolute Gasteiger partial charge is 0.318 e. The van der Waals surface area contributed by atoms with Crippen molar-refractivity contribution >= 4 is 23.7 Å². The van der Waals surface area contributed by atoms with E-state index in [0.717, 1.165) is 0 Å². The predicted octanol–water partition coefficient (Wildman–Crippen LogP) is 1.96. The Kier molecular flexibility index (Phi) is 2.44. The maximum absolute atomic E-state index is 12.5. The lowest BCUT2D eigenvalue weighted by Gasteiger charge is -1.97. The van der Waals surface area contributed by atoms with Crippen LogP contribution in [0.5, 0.6) is 0 Å². The number of carbonyl (C=O) groups excluding carboxylic acids is 1. The Bertz CT molecular complexity index is 277. The molecule has 0 heterocycles. The lowest BCUT2D eigenvalue weighted by Crippen LogP contribution is -1.93. The first-order valence-corrected chi connectivity index (χ1v) is 3.20. The summed E-state index contributed by atoms with van der Waals surface area (Å²) < 4.78 is 12.5. The van der Waals surface area contributed by atoms with Crippen LogP contribution < -0.4 is 5.32 Å². The summed E-state index contributed by atoms with van der Waals surface area (Å²) in [6.07, 6.45) is 1.45. The van der Waals surface area contributed by atoms with Crippen LogP contribution in [-0.2, 0) is 4.79 Å². The number of rotatable bonds is 2. The quantitative estimate of drug-likeness (QED) is 0.679. The number of amides is 1. The lowest BCUT2D eigenvalue weighted by molar-refractivity contribution is 0.561. The average molecular weight is 173 g/mol. The number of halogens is 2. The molecule has 1 radical (unpaired) electrons. The molecule has 1 aromatic carbocycles. The molecule has 1 amide bonds. The summed E-state index contributed by atoms with van der Waals surface area (Å²) in [4.78, 5) is 9.80. The van der Waals surface area contributed by atoms with Crippen LogP contribution in [0.25, 0.3) is 0 Å². The van der Waals surface area contributed by atoms with Gasteiger partial charge in [-0.2, -0.15) is 0 Å². The van der Waals surface area contributed by atoms with Gasteiger partial charge < -0.3 is 5.32 Å². The molecule has 0 aliphatic rings. The van der Waals surface area contributed by atoms with E-state index >= 15 is 0 Å². The molecule has 0 saturated heterocycles. The fourth-order valence-corrected chi connectivity index (χ4v) is 0.813. The number of nitrogens with one attached hydrogen (secondary N) is 1. The average Bonchev–Trinajstić information content (AvgIpc) is 1.98. The summed E-state index contributed by atoms with van der Waals surface area (Å²) in [6, 6.07) is 3.87. The normalized spacial score (nSPS) is 9.27. The first kappa shape index (κ1) is 8.01. The second-order valence-electron chi connectivity index (χ2n) is 1.86. The van der Waals surface area contributed by atoms with Gasteiger partial charge >= 0.3 is 6.41 Å². The predicted molar refractivity (Wildman–Crippen MR) is 40.7 cm³/mol. The van der Waals surface area contributed by atoms with E-state index < -0.39 is 5.82 Å². The van der Waals surface area contributed by atoms with Gasteiger partial charge in [0, 0.05) is 5.69 Å². The molecule has 0 aliphatic carbocycles. The summed E-state index contributed by atoms with van der Waals surface area (Å²) in [5.74, 6) is -0.511. The van der Waals surface area contributed by atoms with Crippen molar-refractivity contribution in [2.24, 2.45) is 0 Å². The molecule has 0 aliphatic heterocycles. The van der Waals surface area contributed by atoms with Gasteiger partial charge in [0.15, 0.2) is 0 Å². The van der Waals surface area contributed by atoms with E-state index in [1.54, 1.807) is 0 Å². The second kappa shape index (κ2) is 3.34. The highest BCUT2D eigenvalue weighted by Gasteiger charge is 1.98. The topological polar surface area (TPSA) is 29.1 Å². The van der Waals surface area contributed by atoms with E-state index in [4.69, 9.17) is 11.6 Å². The van der Waals surface area contributed by atoms with Crippen LogP contribution >= 0.6 is 11.6 Å². The zero-order valence-corrected chi connectivity index (χ0v) is 6.15. The molecule has 0 aromatic heterocycles. The number of anilines is 1. The molecule has 1 N–H and O–H groups in total. The summed E-state index contributed by atoms with van der Waals surface area (Å²) in [7, 11) is 0. The SMILES string of the molecule is O=[C]Nc1ccc(F)c(Cl)c1. The van der Waals surface area contributed by atoms with Crippen molar-refractivity contribution in [3.8, 4) is 0 Å². The summed E-state index contributed by atoms with van der Waals surface area (Å²) in [6.45, 7) is 0. The lowest BCUT2D eigenvalue weighted by atomic mass is 10.3. The minimum Gasteiger partial charge on any atom is -0.318 e. The Balaban J connectivity index is 2.95. The Morgan fingerprint density at radius 1 is 1.55 bits per heavy atom. The molecule has 0 fully saturated rings. The van der Waals surface area contributed by atoms with E-state index in [0.29, 0.717) is 5.69 Å². The molecule has 4 heteroatoms. The highest BCUT2D eigenvalue weighted by Crippen LogP contribution is 2.18. The van der Waals surface area contributed by atoms with Crippen LogP contribution in [-0.4, -0.2) is 6.41 Å². The van der Waals surface area contributed by atoms with Gasteiger partial charge in [0.1, 0.15) is 5.82 Å². The van der Waals surface area contributed by atoms with Crippen LogP contribution in [0, 0.1) is 5.82 Å². The minimum atomic E-state index is -0.511. The Hall–Kier alpha value is -1.09. The standard InChI is InChI=1S/C7H4ClFNO/c8-6-3-5(10-4-11)1-2-7(6)9/h1-3H,(H,10,11). The molecule has 0 bridgehead atoms. The first-order chi connectivity index (χ1) is 5.24. The molecule has 11 heavy (non-hydrogen) atoms. The van der Waals surface area contributed by atoms with Crippen LogP contribution in [0.4, 0.5) is 10.1 Å². The Labute approximate surface area is 68.0 Å². The molecular weight excluding hydrogens is 169 g/mol. The molecule has 0 spiro atoms. The smallest absolute Gasteiger partial charge is 0.314 e. The molecule has 0 atom stereocenters. The molecule has 1 rings (SSSR count). The highest BCUT2D eigenvalue weighted by molar-refractivity contribution is 6.31. The molecule has 57 valence electrons.